The van der Waals surface area contributed by atoms with Gasteiger partial charge < -0.3 is 15.2 Å². The second-order valence-corrected chi connectivity index (χ2v) is 5.85. The van der Waals surface area contributed by atoms with E-state index in [1.807, 2.05) is 6.92 Å². The summed E-state index contributed by atoms with van der Waals surface area (Å²) in [6.45, 7) is 2.56. The molecule has 0 spiro atoms. The molecule has 0 aromatic rings. The Bertz CT molecular complexity index is 289. The molecule has 0 radical (unpaired) electrons. The Hall–Kier alpha value is -0.610. The Kier molecular flexibility index (Phi) is 4.62. The largest absolute Gasteiger partial charge is 0.396 e. The number of ether oxygens (including phenoxy) is 1. The first-order valence-corrected chi connectivity index (χ1v) is 7.21. The fourth-order valence-electron chi connectivity index (χ4n) is 3.09. The van der Waals surface area contributed by atoms with Crippen molar-refractivity contribution in [2.45, 2.75) is 63.5 Å². The van der Waals surface area contributed by atoms with Gasteiger partial charge in [0.15, 0.2) is 0 Å². The van der Waals surface area contributed by atoms with Crippen LogP contribution in [0.3, 0.4) is 0 Å². The van der Waals surface area contributed by atoms with E-state index in [4.69, 9.17) is 9.84 Å². The quantitative estimate of drug-likeness (QED) is 0.802. The molecule has 2 N–H and O–H groups in total. The molecule has 2 atom stereocenters. The summed E-state index contributed by atoms with van der Waals surface area (Å²) in [7, 11) is 0. The molecule has 104 valence electrons. The van der Waals surface area contributed by atoms with E-state index in [9.17, 15) is 4.79 Å². The first-order chi connectivity index (χ1) is 8.65. The van der Waals surface area contributed by atoms with Crippen molar-refractivity contribution in [2.24, 2.45) is 5.92 Å². The summed E-state index contributed by atoms with van der Waals surface area (Å²) in [4.78, 5) is 12.2. The SMILES string of the molecule is CC1(CCCO)OCC(C2CCCCC2)NC1=O. The number of aliphatic hydroxyl groups is 1. The van der Waals surface area contributed by atoms with Gasteiger partial charge in [0.1, 0.15) is 5.60 Å². The molecular formula is C14H25NO3. The molecule has 2 aliphatic rings. The number of aliphatic hydroxyl groups excluding tert-OH is 1. The van der Waals surface area contributed by atoms with Gasteiger partial charge in [-0.3, -0.25) is 4.79 Å². The average molecular weight is 255 g/mol. The van der Waals surface area contributed by atoms with Gasteiger partial charge in [0.05, 0.1) is 12.6 Å². The molecule has 1 aliphatic heterocycles. The van der Waals surface area contributed by atoms with Gasteiger partial charge in [-0.15, -0.1) is 0 Å². The van der Waals surface area contributed by atoms with Crippen molar-refractivity contribution >= 4 is 5.91 Å². The molecule has 0 aromatic carbocycles. The van der Waals surface area contributed by atoms with Crippen LogP contribution in [0.2, 0.25) is 0 Å². The van der Waals surface area contributed by atoms with Crippen LogP contribution in [-0.2, 0) is 9.53 Å². The fraction of sp³-hybridized carbons (Fsp3) is 0.929. The van der Waals surface area contributed by atoms with Gasteiger partial charge in [-0.2, -0.15) is 0 Å². The third-order valence-electron chi connectivity index (χ3n) is 4.41. The highest BCUT2D eigenvalue weighted by molar-refractivity contribution is 5.85. The maximum Gasteiger partial charge on any atom is 0.252 e. The molecule has 0 aromatic heterocycles. The maximum absolute atomic E-state index is 12.2. The normalized spacial score (nSPS) is 34.3. The standard InChI is InChI=1S/C14H25NO3/c1-14(8-5-9-16)13(17)15-12(10-18-14)11-6-3-2-4-7-11/h11-12,16H,2-10H2,1H3,(H,15,17). The maximum atomic E-state index is 12.2. The monoisotopic (exact) mass is 255 g/mol. The summed E-state index contributed by atoms with van der Waals surface area (Å²) in [6, 6.07) is 0.194. The molecule has 2 rings (SSSR count). The molecule has 2 fully saturated rings. The van der Waals surface area contributed by atoms with Crippen LogP contribution in [-0.4, -0.2) is 35.9 Å². The van der Waals surface area contributed by atoms with Crippen molar-refractivity contribution < 1.29 is 14.6 Å². The van der Waals surface area contributed by atoms with Crippen molar-refractivity contribution in [3.8, 4) is 0 Å². The molecule has 2 unspecified atom stereocenters. The molecular weight excluding hydrogens is 230 g/mol. The van der Waals surface area contributed by atoms with E-state index in [-0.39, 0.29) is 18.6 Å². The van der Waals surface area contributed by atoms with Crippen LogP contribution in [0.5, 0.6) is 0 Å². The van der Waals surface area contributed by atoms with Gasteiger partial charge in [-0.1, -0.05) is 19.3 Å². The number of rotatable bonds is 4. The smallest absolute Gasteiger partial charge is 0.252 e. The predicted molar refractivity (Wildman–Crippen MR) is 69.2 cm³/mol. The Morgan fingerprint density at radius 1 is 1.39 bits per heavy atom. The Morgan fingerprint density at radius 3 is 2.72 bits per heavy atom. The number of nitrogens with one attached hydrogen (secondary N) is 1. The van der Waals surface area contributed by atoms with Crippen LogP contribution in [0, 0.1) is 5.92 Å². The zero-order valence-corrected chi connectivity index (χ0v) is 11.3. The van der Waals surface area contributed by atoms with Crippen molar-refractivity contribution in [3.63, 3.8) is 0 Å². The Labute approximate surface area is 109 Å². The van der Waals surface area contributed by atoms with Gasteiger partial charge in [-0.25, -0.2) is 0 Å². The summed E-state index contributed by atoms with van der Waals surface area (Å²) in [5.41, 5.74) is -0.742. The predicted octanol–water partition coefficient (Wildman–Crippen LogP) is 1.61. The second-order valence-electron chi connectivity index (χ2n) is 5.85. The van der Waals surface area contributed by atoms with E-state index in [0.717, 1.165) is 0 Å². The van der Waals surface area contributed by atoms with E-state index in [2.05, 4.69) is 5.32 Å². The summed E-state index contributed by atoms with van der Waals surface area (Å²) in [5.74, 6) is 0.586. The van der Waals surface area contributed by atoms with Gasteiger partial charge in [-0.05, 0) is 38.5 Å². The van der Waals surface area contributed by atoms with Crippen LogP contribution in [0.4, 0.5) is 0 Å². The third-order valence-corrected chi connectivity index (χ3v) is 4.41. The van der Waals surface area contributed by atoms with E-state index in [1.165, 1.54) is 32.1 Å². The van der Waals surface area contributed by atoms with Gasteiger partial charge in [0.2, 0.25) is 0 Å². The molecule has 4 heteroatoms. The lowest BCUT2D eigenvalue weighted by atomic mass is 9.82. The average Bonchev–Trinajstić information content (AvgIpc) is 2.41. The minimum absolute atomic E-state index is 0.00206. The minimum atomic E-state index is -0.742. The fourth-order valence-corrected chi connectivity index (χ4v) is 3.09. The summed E-state index contributed by atoms with van der Waals surface area (Å²) in [6.07, 6.45) is 7.50. The van der Waals surface area contributed by atoms with Gasteiger partial charge in [0.25, 0.3) is 5.91 Å². The number of carbonyl (C=O) groups is 1. The lowest BCUT2D eigenvalue weighted by molar-refractivity contribution is -0.160. The zero-order chi connectivity index (χ0) is 13.0. The van der Waals surface area contributed by atoms with Gasteiger partial charge >= 0.3 is 0 Å². The molecule has 0 bridgehead atoms. The van der Waals surface area contributed by atoms with E-state index in [0.29, 0.717) is 25.4 Å². The number of hydrogen-bond donors (Lipinski definition) is 2. The third kappa shape index (κ3) is 3.04. The van der Waals surface area contributed by atoms with Crippen LogP contribution in [0.15, 0.2) is 0 Å². The second kappa shape index (κ2) is 6.02. The minimum Gasteiger partial charge on any atom is -0.396 e. The summed E-state index contributed by atoms with van der Waals surface area (Å²) < 4.78 is 5.82. The lowest BCUT2D eigenvalue weighted by Gasteiger charge is -2.41. The number of carbonyl (C=O) groups excluding carboxylic acids is 1. The van der Waals surface area contributed by atoms with Crippen LogP contribution < -0.4 is 5.32 Å². The summed E-state index contributed by atoms with van der Waals surface area (Å²) in [5, 5.41) is 12.0. The number of amides is 1. The lowest BCUT2D eigenvalue weighted by Crippen LogP contribution is -2.59. The topological polar surface area (TPSA) is 58.6 Å². The zero-order valence-electron chi connectivity index (χ0n) is 11.3. The molecule has 18 heavy (non-hydrogen) atoms. The van der Waals surface area contributed by atoms with Crippen molar-refractivity contribution in [1.29, 1.82) is 0 Å². The first kappa shape index (κ1) is 13.8. The molecule has 1 saturated heterocycles. The van der Waals surface area contributed by atoms with E-state index >= 15 is 0 Å². The van der Waals surface area contributed by atoms with Crippen LogP contribution in [0.1, 0.15) is 51.9 Å². The number of morpholine rings is 1. The first-order valence-electron chi connectivity index (χ1n) is 7.21. The Morgan fingerprint density at radius 2 is 2.11 bits per heavy atom. The van der Waals surface area contributed by atoms with Gasteiger partial charge in [0, 0.05) is 6.61 Å². The molecule has 1 heterocycles. The van der Waals surface area contributed by atoms with Crippen LogP contribution in [0.25, 0.3) is 0 Å². The van der Waals surface area contributed by atoms with E-state index in [1.54, 1.807) is 0 Å². The Balaban J connectivity index is 1.88. The highest BCUT2D eigenvalue weighted by Crippen LogP contribution is 2.30. The summed E-state index contributed by atoms with van der Waals surface area (Å²) >= 11 is 0. The highest BCUT2D eigenvalue weighted by atomic mass is 16.5. The number of hydrogen-bond acceptors (Lipinski definition) is 3. The van der Waals surface area contributed by atoms with E-state index < -0.39 is 5.60 Å². The van der Waals surface area contributed by atoms with Crippen molar-refractivity contribution in [2.75, 3.05) is 13.2 Å². The highest BCUT2D eigenvalue weighted by Gasteiger charge is 2.41. The molecule has 1 saturated carbocycles. The molecule has 1 aliphatic carbocycles. The van der Waals surface area contributed by atoms with Crippen molar-refractivity contribution in [3.05, 3.63) is 0 Å². The molecule has 4 nitrogen and oxygen atoms in total. The molecule has 1 amide bonds. The van der Waals surface area contributed by atoms with Crippen LogP contribution >= 0.6 is 0 Å². The van der Waals surface area contributed by atoms with Crippen molar-refractivity contribution in [1.82, 2.24) is 5.32 Å².